The second-order valence-electron chi connectivity index (χ2n) is 10.9. The molecule has 46 heavy (non-hydrogen) atoms. The molecule has 0 fully saturated rings. The van der Waals surface area contributed by atoms with Crippen LogP contribution in [0.4, 0.5) is 0 Å². The van der Waals surface area contributed by atoms with E-state index in [1.54, 1.807) is 54.6 Å². The van der Waals surface area contributed by atoms with E-state index in [4.69, 9.17) is 21.2 Å². The fourth-order valence-corrected chi connectivity index (χ4v) is 6.77. The highest BCUT2D eigenvalue weighted by Crippen LogP contribution is 2.36. The lowest BCUT2D eigenvalue weighted by atomic mass is 9.35. The molecule has 3 heterocycles. The van der Waals surface area contributed by atoms with Crippen LogP contribution in [0.1, 0.15) is 21.9 Å². The number of benzene rings is 7. The van der Waals surface area contributed by atoms with E-state index >= 15 is 0 Å². The molecule has 214 valence electrons. The SMILES string of the molecule is [2H]c1c([2H])c([2H])c2c(c1[2H])c1c([2H])c([2H])c([2H])c([2H])c1n2-c1cccc(-n2c3c([2H])c([2H])c([2H])c([2H])c3c3c([2H])c([2H])c([2H])c([2H])c32)c1B1c2ccccc2Oc2ccccc21. The highest BCUT2D eigenvalue weighted by atomic mass is 16.5. The molecule has 0 spiro atoms. The van der Waals surface area contributed by atoms with Crippen molar-refractivity contribution in [3.8, 4) is 22.9 Å². The Kier molecular flexibility index (Phi) is 3.05. The van der Waals surface area contributed by atoms with Crippen molar-refractivity contribution < 1.29 is 26.7 Å². The molecule has 0 amide bonds. The van der Waals surface area contributed by atoms with Crippen LogP contribution in [-0.4, -0.2) is 15.8 Å². The molecule has 1 aliphatic heterocycles. The molecule has 1 aliphatic rings. The Bertz CT molecular complexity index is 3170. The van der Waals surface area contributed by atoms with Gasteiger partial charge in [0, 0.05) is 32.9 Å². The molecule has 0 N–H and O–H groups in total. The summed E-state index contributed by atoms with van der Waals surface area (Å²) in [6.45, 7) is -0.903. The van der Waals surface area contributed by atoms with Crippen molar-refractivity contribution in [3.63, 3.8) is 0 Å². The smallest absolute Gasteiger partial charge is 0.256 e. The lowest BCUT2D eigenvalue weighted by Crippen LogP contribution is -2.56. The van der Waals surface area contributed by atoms with Gasteiger partial charge in [-0.15, -0.1) is 0 Å². The van der Waals surface area contributed by atoms with Crippen molar-refractivity contribution in [2.24, 2.45) is 0 Å². The van der Waals surface area contributed by atoms with Crippen molar-refractivity contribution in [3.05, 3.63) is 163 Å². The van der Waals surface area contributed by atoms with E-state index < -0.39 is 103 Å². The highest BCUT2D eigenvalue weighted by molar-refractivity contribution is 6.98. The average Bonchev–Trinajstić information content (AvgIpc) is 3.83. The molecular weight excluding hydrogens is 559 g/mol. The molecular formula is C42H27BN2O. The molecule has 0 saturated carbocycles. The summed E-state index contributed by atoms with van der Waals surface area (Å²) in [4.78, 5) is 0. The van der Waals surface area contributed by atoms with E-state index in [9.17, 15) is 5.48 Å². The predicted octanol–water partition coefficient (Wildman–Crippen LogP) is 8.50. The van der Waals surface area contributed by atoms with Gasteiger partial charge < -0.3 is 13.9 Å². The van der Waals surface area contributed by atoms with E-state index in [2.05, 4.69) is 0 Å². The van der Waals surface area contributed by atoms with Gasteiger partial charge in [0.1, 0.15) is 11.5 Å². The first-order valence-electron chi connectivity index (χ1n) is 22.5. The van der Waals surface area contributed by atoms with Gasteiger partial charge in [0.2, 0.25) is 0 Å². The predicted molar refractivity (Wildman–Crippen MR) is 193 cm³/mol. The normalized spacial score (nSPS) is 17.3. The third-order valence-electron chi connectivity index (χ3n) is 8.58. The van der Waals surface area contributed by atoms with E-state index in [0.29, 0.717) is 22.4 Å². The van der Waals surface area contributed by atoms with E-state index in [-0.39, 0.29) is 60.4 Å². The van der Waals surface area contributed by atoms with Crippen LogP contribution in [0.5, 0.6) is 11.5 Å². The number of fused-ring (bicyclic) bond motifs is 8. The summed E-state index contributed by atoms with van der Waals surface area (Å²) in [6.07, 6.45) is 0. The minimum atomic E-state index is -0.903. The second kappa shape index (κ2) is 9.75. The zero-order valence-corrected chi connectivity index (χ0v) is 23.7. The van der Waals surface area contributed by atoms with Crippen LogP contribution < -0.4 is 21.1 Å². The van der Waals surface area contributed by atoms with Gasteiger partial charge in [-0.3, -0.25) is 0 Å². The van der Waals surface area contributed by atoms with E-state index in [1.165, 1.54) is 9.13 Å². The lowest BCUT2D eigenvalue weighted by molar-refractivity contribution is 0.487. The number of ether oxygens (including phenoxy) is 1. The maximum Gasteiger partial charge on any atom is 0.256 e. The van der Waals surface area contributed by atoms with E-state index in [0.717, 1.165) is 0 Å². The molecule has 0 aliphatic carbocycles. The van der Waals surface area contributed by atoms with Crippen molar-refractivity contribution in [2.75, 3.05) is 0 Å². The van der Waals surface area contributed by atoms with Gasteiger partial charge >= 0.3 is 0 Å². The number of aromatic nitrogens is 2. The maximum absolute atomic E-state index is 9.32. The maximum atomic E-state index is 9.32. The van der Waals surface area contributed by atoms with Crippen molar-refractivity contribution in [1.29, 1.82) is 0 Å². The summed E-state index contributed by atoms with van der Waals surface area (Å²) in [5.41, 5.74) is 1.01. The van der Waals surface area contributed by atoms with Crippen molar-refractivity contribution in [1.82, 2.24) is 9.13 Å². The topological polar surface area (TPSA) is 19.1 Å². The molecule has 9 aromatic rings. The van der Waals surface area contributed by atoms with Gasteiger partial charge in [-0.1, -0.05) is 115 Å². The minimum Gasteiger partial charge on any atom is -0.458 e. The Morgan fingerprint density at radius 3 is 1.22 bits per heavy atom. The monoisotopic (exact) mass is 602 g/mol. The second-order valence-corrected chi connectivity index (χ2v) is 10.9. The Labute approximate surface area is 289 Å². The Morgan fingerprint density at radius 1 is 0.435 bits per heavy atom. The van der Waals surface area contributed by atoms with Gasteiger partial charge in [-0.2, -0.15) is 0 Å². The van der Waals surface area contributed by atoms with Crippen molar-refractivity contribution in [2.45, 2.75) is 0 Å². The standard InChI is InChI=1S/C42H27BN2O/c1-7-20-34-28(14-1)29-15-2-8-21-35(29)44(34)38-24-13-25-39(45-36-22-9-3-16-30(36)31-17-4-10-23-37(31)45)42(38)43-32-18-5-11-26-40(32)46-41-27-12-6-19-33(41)43/h1-27H/i1D,2D,3D,4D,7D,8D,9D,10D,14D,15D,16D,17D,20D,21D,22D,23D. The van der Waals surface area contributed by atoms with Crippen LogP contribution in [0.25, 0.3) is 55.0 Å². The number of nitrogens with zero attached hydrogens (tertiary/aromatic N) is 2. The van der Waals surface area contributed by atoms with Gasteiger partial charge in [0.25, 0.3) is 6.71 Å². The zero-order valence-electron chi connectivity index (χ0n) is 39.7. The molecule has 2 aromatic heterocycles. The first-order chi connectivity index (χ1) is 29.5. The molecule has 0 saturated heterocycles. The Morgan fingerprint density at radius 2 is 0.804 bits per heavy atom. The summed E-state index contributed by atoms with van der Waals surface area (Å²) in [5.74, 6) is 0.850. The zero-order chi connectivity index (χ0) is 44.1. The Hall–Kier alpha value is -6.00. The molecule has 4 heteroatoms. The summed E-state index contributed by atoms with van der Waals surface area (Å²) in [6, 6.07) is 9.70. The molecule has 0 unspecified atom stereocenters. The summed E-state index contributed by atoms with van der Waals surface area (Å²) < 4.78 is 153. The molecule has 10 rings (SSSR count). The van der Waals surface area contributed by atoms with Crippen LogP contribution >= 0.6 is 0 Å². The third-order valence-corrected chi connectivity index (χ3v) is 8.58. The number of hydrogen-bond donors (Lipinski definition) is 0. The number of hydrogen-bond acceptors (Lipinski definition) is 1. The molecule has 7 aromatic carbocycles. The summed E-state index contributed by atoms with van der Waals surface area (Å²) >= 11 is 0. The van der Waals surface area contributed by atoms with Crippen LogP contribution in [0.15, 0.2) is 163 Å². The highest BCUT2D eigenvalue weighted by Gasteiger charge is 2.36. The van der Waals surface area contributed by atoms with Crippen LogP contribution in [0, 0.1) is 0 Å². The average molecular weight is 603 g/mol. The fraction of sp³-hybridized carbons (Fsp3) is 0. The van der Waals surface area contributed by atoms with Gasteiger partial charge in [0.15, 0.2) is 0 Å². The number of para-hydroxylation sites is 6. The van der Waals surface area contributed by atoms with Crippen LogP contribution in [0.2, 0.25) is 0 Å². The minimum absolute atomic E-state index is 0.130. The molecule has 0 radical (unpaired) electrons. The van der Waals surface area contributed by atoms with Gasteiger partial charge in [-0.25, -0.2) is 0 Å². The summed E-state index contributed by atoms with van der Waals surface area (Å²) in [5, 5.41) is -0.658. The fourth-order valence-electron chi connectivity index (χ4n) is 6.77. The van der Waals surface area contributed by atoms with Gasteiger partial charge in [-0.05, 0) is 64.8 Å². The summed E-state index contributed by atoms with van der Waals surface area (Å²) in [7, 11) is 0. The first-order valence-corrected chi connectivity index (χ1v) is 14.5. The van der Waals surface area contributed by atoms with Crippen molar-refractivity contribution >= 4 is 66.7 Å². The van der Waals surface area contributed by atoms with E-state index in [1.807, 2.05) is 12.1 Å². The molecule has 3 nitrogen and oxygen atoms in total. The van der Waals surface area contributed by atoms with Crippen LogP contribution in [0.3, 0.4) is 0 Å². The largest absolute Gasteiger partial charge is 0.458 e. The number of rotatable bonds is 3. The third kappa shape index (κ3) is 3.50. The first kappa shape index (κ1) is 14.4. The van der Waals surface area contributed by atoms with Crippen LogP contribution in [-0.2, 0) is 0 Å². The van der Waals surface area contributed by atoms with Gasteiger partial charge in [0.05, 0.1) is 44.0 Å². The molecule has 0 atom stereocenters. The molecule has 0 bridgehead atoms. The quantitative estimate of drug-likeness (QED) is 0.186. The lowest BCUT2D eigenvalue weighted by Gasteiger charge is -2.30. The Balaban J connectivity index is 1.53.